The van der Waals surface area contributed by atoms with E-state index in [2.05, 4.69) is 34.8 Å². The molecule has 0 aliphatic carbocycles. The highest BCUT2D eigenvalue weighted by molar-refractivity contribution is 14.0. The van der Waals surface area contributed by atoms with Gasteiger partial charge in [-0.25, -0.2) is 0 Å². The first-order valence-corrected chi connectivity index (χ1v) is 8.91. The number of guanidine groups is 1. The van der Waals surface area contributed by atoms with Gasteiger partial charge in [0.2, 0.25) is 0 Å². The third-order valence-electron chi connectivity index (χ3n) is 3.69. The van der Waals surface area contributed by atoms with E-state index in [-0.39, 0.29) is 29.9 Å². The minimum absolute atomic E-state index is 0. The number of benzene rings is 1. The molecular weight excluding hydrogens is 427 g/mol. The fourth-order valence-electron chi connectivity index (χ4n) is 2.29. The van der Waals surface area contributed by atoms with Crippen molar-refractivity contribution in [3.05, 3.63) is 35.9 Å². The van der Waals surface area contributed by atoms with Gasteiger partial charge in [-0.1, -0.05) is 44.9 Å². The van der Waals surface area contributed by atoms with Gasteiger partial charge >= 0.3 is 0 Å². The molecule has 0 saturated carbocycles. The van der Waals surface area contributed by atoms with Crippen molar-refractivity contribution in [2.24, 2.45) is 10.9 Å². The molecule has 0 radical (unpaired) electrons. The molecule has 0 atom stereocenters. The maximum absolute atomic E-state index is 11.9. The summed E-state index contributed by atoms with van der Waals surface area (Å²) in [6.45, 7) is 6.87. The molecule has 0 saturated heterocycles. The lowest BCUT2D eigenvalue weighted by Gasteiger charge is -2.12. The molecule has 1 aromatic rings. The van der Waals surface area contributed by atoms with Crippen molar-refractivity contribution >= 4 is 35.8 Å². The summed E-state index contributed by atoms with van der Waals surface area (Å²) in [5.74, 6) is 1.57. The highest BCUT2D eigenvalue weighted by Gasteiger charge is 2.03. The van der Waals surface area contributed by atoms with E-state index in [9.17, 15) is 4.79 Å². The number of hydrogen-bond acceptors (Lipinski definition) is 2. The quantitative estimate of drug-likeness (QED) is 0.217. The second-order valence-corrected chi connectivity index (χ2v) is 6.29. The molecular formula is C19H33IN4O. The normalized spacial score (nSPS) is 11.0. The van der Waals surface area contributed by atoms with Crippen LogP contribution < -0.4 is 16.0 Å². The number of nitrogens with one attached hydrogen (secondary N) is 3. The topological polar surface area (TPSA) is 65.5 Å². The van der Waals surface area contributed by atoms with Crippen LogP contribution in [0.5, 0.6) is 0 Å². The minimum atomic E-state index is -0.0248. The Morgan fingerprint density at radius 1 is 0.960 bits per heavy atom. The Labute approximate surface area is 169 Å². The molecule has 5 nitrogen and oxygen atoms in total. The number of aliphatic imine (C=N–C) groups is 1. The second-order valence-electron chi connectivity index (χ2n) is 6.29. The van der Waals surface area contributed by atoms with Gasteiger partial charge in [-0.15, -0.1) is 24.0 Å². The van der Waals surface area contributed by atoms with Gasteiger partial charge in [0, 0.05) is 32.2 Å². The standard InChI is InChI=1S/C19H32N4O.HI/c1-16(2)10-7-8-13-22-19(20-3)23-15-9-14-21-18(24)17-11-5-4-6-12-17;/h4-6,11-12,16H,7-10,13-15H2,1-3H3,(H,21,24)(H2,20,22,23);1H. The van der Waals surface area contributed by atoms with Gasteiger partial charge in [0.1, 0.15) is 0 Å². The van der Waals surface area contributed by atoms with Gasteiger partial charge in [0.15, 0.2) is 5.96 Å². The summed E-state index contributed by atoms with van der Waals surface area (Å²) < 4.78 is 0. The molecule has 0 aliphatic rings. The van der Waals surface area contributed by atoms with Crippen molar-refractivity contribution in [2.75, 3.05) is 26.7 Å². The Kier molecular flexibility index (Phi) is 14.2. The molecule has 3 N–H and O–H groups in total. The van der Waals surface area contributed by atoms with E-state index in [0.717, 1.165) is 37.8 Å². The monoisotopic (exact) mass is 460 g/mol. The molecule has 1 amide bonds. The fourth-order valence-corrected chi connectivity index (χ4v) is 2.29. The molecule has 142 valence electrons. The van der Waals surface area contributed by atoms with Gasteiger partial charge < -0.3 is 16.0 Å². The number of rotatable bonds is 10. The van der Waals surface area contributed by atoms with Crippen LogP contribution in [-0.2, 0) is 0 Å². The minimum Gasteiger partial charge on any atom is -0.356 e. The zero-order chi connectivity index (χ0) is 17.6. The molecule has 0 spiro atoms. The van der Waals surface area contributed by atoms with Crippen molar-refractivity contribution in [1.29, 1.82) is 0 Å². The Morgan fingerprint density at radius 2 is 1.56 bits per heavy atom. The van der Waals surface area contributed by atoms with Crippen LogP contribution >= 0.6 is 24.0 Å². The molecule has 1 aromatic carbocycles. The summed E-state index contributed by atoms with van der Waals surface area (Å²) in [5, 5.41) is 9.51. The number of halogens is 1. The molecule has 0 aromatic heterocycles. The van der Waals surface area contributed by atoms with Crippen LogP contribution in [0.1, 0.15) is 49.9 Å². The van der Waals surface area contributed by atoms with Crippen LogP contribution in [0, 0.1) is 5.92 Å². The summed E-state index contributed by atoms with van der Waals surface area (Å²) >= 11 is 0. The van der Waals surface area contributed by atoms with Crippen LogP contribution in [0.2, 0.25) is 0 Å². The van der Waals surface area contributed by atoms with E-state index in [1.54, 1.807) is 7.05 Å². The van der Waals surface area contributed by atoms with E-state index < -0.39 is 0 Å². The van der Waals surface area contributed by atoms with Crippen LogP contribution in [0.3, 0.4) is 0 Å². The number of unbranched alkanes of at least 4 members (excludes halogenated alkanes) is 1. The van der Waals surface area contributed by atoms with Gasteiger partial charge in [-0.3, -0.25) is 9.79 Å². The Morgan fingerprint density at radius 3 is 2.16 bits per heavy atom. The number of carbonyl (C=O) groups is 1. The fraction of sp³-hybridized carbons (Fsp3) is 0.579. The molecule has 0 bridgehead atoms. The zero-order valence-corrected chi connectivity index (χ0v) is 18.0. The lowest BCUT2D eigenvalue weighted by Crippen LogP contribution is -2.39. The SMILES string of the molecule is CN=C(NCCCCC(C)C)NCCCNC(=O)c1ccccc1.I. The number of carbonyl (C=O) groups excluding carboxylic acids is 1. The zero-order valence-electron chi connectivity index (χ0n) is 15.7. The maximum Gasteiger partial charge on any atom is 0.251 e. The number of nitrogens with zero attached hydrogens (tertiary/aromatic N) is 1. The summed E-state index contributed by atoms with van der Waals surface area (Å²) in [7, 11) is 1.78. The molecule has 0 heterocycles. The maximum atomic E-state index is 11.9. The predicted molar refractivity (Wildman–Crippen MR) is 117 cm³/mol. The second kappa shape index (κ2) is 15.0. The van der Waals surface area contributed by atoms with E-state index in [4.69, 9.17) is 0 Å². The van der Waals surface area contributed by atoms with E-state index >= 15 is 0 Å². The summed E-state index contributed by atoms with van der Waals surface area (Å²) in [5.41, 5.74) is 0.698. The third kappa shape index (κ3) is 11.8. The lowest BCUT2D eigenvalue weighted by molar-refractivity contribution is 0.0953. The van der Waals surface area contributed by atoms with Crippen LogP contribution in [0.15, 0.2) is 35.3 Å². The van der Waals surface area contributed by atoms with E-state index in [1.807, 2.05) is 30.3 Å². The average molecular weight is 460 g/mol. The Hall–Kier alpha value is -1.31. The van der Waals surface area contributed by atoms with E-state index in [0.29, 0.717) is 12.1 Å². The highest BCUT2D eigenvalue weighted by Crippen LogP contribution is 2.04. The molecule has 0 fully saturated rings. The van der Waals surface area contributed by atoms with Gasteiger partial charge in [-0.2, -0.15) is 0 Å². The van der Waals surface area contributed by atoms with Crippen LogP contribution in [0.4, 0.5) is 0 Å². The highest BCUT2D eigenvalue weighted by atomic mass is 127. The number of hydrogen-bond donors (Lipinski definition) is 3. The third-order valence-corrected chi connectivity index (χ3v) is 3.69. The average Bonchev–Trinajstić information content (AvgIpc) is 2.59. The molecule has 0 aliphatic heterocycles. The van der Waals surface area contributed by atoms with E-state index in [1.165, 1.54) is 12.8 Å². The number of amides is 1. The largest absolute Gasteiger partial charge is 0.356 e. The smallest absolute Gasteiger partial charge is 0.251 e. The van der Waals surface area contributed by atoms with Crippen molar-refractivity contribution in [3.8, 4) is 0 Å². The van der Waals surface area contributed by atoms with Crippen molar-refractivity contribution < 1.29 is 4.79 Å². The predicted octanol–water partition coefficient (Wildman–Crippen LogP) is 3.42. The van der Waals surface area contributed by atoms with Crippen molar-refractivity contribution in [2.45, 2.75) is 39.5 Å². The first-order valence-electron chi connectivity index (χ1n) is 8.91. The molecule has 6 heteroatoms. The summed E-state index contributed by atoms with van der Waals surface area (Å²) in [6, 6.07) is 9.28. The molecule has 0 unspecified atom stereocenters. The first-order chi connectivity index (χ1) is 11.6. The molecule has 1 rings (SSSR count). The Bertz CT molecular complexity index is 491. The van der Waals surface area contributed by atoms with Crippen molar-refractivity contribution in [1.82, 2.24) is 16.0 Å². The summed E-state index contributed by atoms with van der Waals surface area (Å²) in [4.78, 5) is 16.1. The van der Waals surface area contributed by atoms with Crippen molar-refractivity contribution in [3.63, 3.8) is 0 Å². The van der Waals surface area contributed by atoms with Gasteiger partial charge in [-0.05, 0) is 30.9 Å². The van der Waals surface area contributed by atoms with Crippen LogP contribution in [0.25, 0.3) is 0 Å². The summed E-state index contributed by atoms with van der Waals surface area (Å²) in [6.07, 6.45) is 4.53. The Balaban J connectivity index is 0.00000576. The van der Waals surface area contributed by atoms with Gasteiger partial charge in [0.25, 0.3) is 5.91 Å². The van der Waals surface area contributed by atoms with Gasteiger partial charge in [0.05, 0.1) is 0 Å². The first kappa shape index (κ1) is 23.7. The van der Waals surface area contributed by atoms with Crippen LogP contribution in [-0.4, -0.2) is 38.5 Å². The lowest BCUT2D eigenvalue weighted by atomic mass is 10.1. The molecule has 25 heavy (non-hydrogen) atoms.